The number of hydrogen-bond acceptors (Lipinski definition) is 4. The molecule has 5 nitrogen and oxygen atoms in total. The van der Waals surface area contributed by atoms with Crippen LogP contribution in [0.15, 0.2) is 18.5 Å². The zero-order valence-corrected chi connectivity index (χ0v) is 8.35. The maximum absolute atomic E-state index is 10.7. The van der Waals surface area contributed by atoms with Crippen LogP contribution >= 0.6 is 0 Å². The zero-order valence-electron chi connectivity index (χ0n) is 8.35. The van der Waals surface area contributed by atoms with E-state index in [0.29, 0.717) is 11.6 Å². The summed E-state index contributed by atoms with van der Waals surface area (Å²) in [5.74, 6) is 0.678. The lowest BCUT2D eigenvalue weighted by Crippen LogP contribution is -2.21. The van der Waals surface area contributed by atoms with Crippen LogP contribution < -0.4 is 5.32 Å². The third-order valence-corrected chi connectivity index (χ3v) is 2.80. The SMILES string of the molecule is O=[N+]([O-])c1cnccc1NCC1CCC1. The Labute approximate surface area is 87.7 Å². The number of nitro groups is 1. The van der Waals surface area contributed by atoms with Crippen LogP contribution in [0.25, 0.3) is 0 Å². The molecule has 0 amide bonds. The van der Waals surface area contributed by atoms with Crippen LogP contribution in [0.2, 0.25) is 0 Å². The maximum Gasteiger partial charge on any atom is 0.310 e. The molecule has 2 rings (SSSR count). The second-order valence-corrected chi connectivity index (χ2v) is 3.83. The molecule has 1 fully saturated rings. The molecule has 1 saturated carbocycles. The van der Waals surface area contributed by atoms with Gasteiger partial charge in [0.25, 0.3) is 0 Å². The fraction of sp³-hybridized carbons (Fsp3) is 0.500. The van der Waals surface area contributed by atoms with Crippen molar-refractivity contribution >= 4 is 11.4 Å². The molecule has 1 aliphatic rings. The van der Waals surface area contributed by atoms with Gasteiger partial charge in [0.05, 0.1) is 4.92 Å². The second kappa shape index (κ2) is 4.25. The predicted molar refractivity (Wildman–Crippen MR) is 56.7 cm³/mol. The molecule has 1 N–H and O–H groups in total. The minimum atomic E-state index is -0.407. The van der Waals surface area contributed by atoms with Gasteiger partial charge in [0, 0.05) is 12.7 Å². The first-order valence-electron chi connectivity index (χ1n) is 5.09. The first kappa shape index (κ1) is 9.89. The van der Waals surface area contributed by atoms with E-state index >= 15 is 0 Å². The Bertz CT molecular complexity index is 363. The summed E-state index contributed by atoms with van der Waals surface area (Å²) in [5, 5.41) is 13.8. The summed E-state index contributed by atoms with van der Waals surface area (Å²) in [7, 11) is 0. The molecule has 0 radical (unpaired) electrons. The number of nitrogens with zero attached hydrogens (tertiary/aromatic N) is 2. The van der Waals surface area contributed by atoms with Gasteiger partial charge in [0.2, 0.25) is 0 Å². The van der Waals surface area contributed by atoms with Gasteiger partial charge in [-0.25, -0.2) is 0 Å². The van der Waals surface area contributed by atoms with Crippen molar-refractivity contribution in [3.63, 3.8) is 0 Å². The fourth-order valence-corrected chi connectivity index (χ4v) is 1.63. The molecule has 1 aromatic heterocycles. The molecule has 0 spiro atoms. The van der Waals surface area contributed by atoms with E-state index in [1.54, 1.807) is 12.3 Å². The number of anilines is 1. The molecule has 0 bridgehead atoms. The molecule has 0 aromatic carbocycles. The minimum Gasteiger partial charge on any atom is -0.379 e. The Balaban J connectivity index is 2.02. The van der Waals surface area contributed by atoms with Gasteiger partial charge in [-0.05, 0) is 24.8 Å². The van der Waals surface area contributed by atoms with Gasteiger partial charge in [0.15, 0.2) is 0 Å². The highest BCUT2D eigenvalue weighted by atomic mass is 16.6. The van der Waals surface area contributed by atoms with Crippen LogP contribution in [0.4, 0.5) is 11.4 Å². The first-order valence-corrected chi connectivity index (χ1v) is 5.09. The number of pyridine rings is 1. The molecule has 0 aliphatic heterocycles. The molecular weight excluding hydrogens is 194 g/mol. The third kappa shape index (κ3) is 2.23. The van der Waals surface area contributed by atoms with E-state index in [9.17, 15) is 10.1 Å². The topological polar surface area (TPSA) is 68.1 Å². The van der Waals surface area contributed by atoms with Crippen molar-refractivity contribution in [2.24, 2.45) is 5.92 Å². The normalized spacial score (nSPS) is 15.7. The number of rotatable bonds is 4. The lowest BCUT2D eigenvalue weighted by molar-refractivity contribution is -0.384. The highest BCUT2D eigenvalue weighted by Gasteiger charge is 2.19. The smallest absolute Gasteiger partial charge is 0.310 e. The highest BCUT2D eigenvalue weighted by molar-refractivity contribution is 5.59. The number of nitrogens with one attached hydrogen (secondary N) is 1. The van der Waals surface area contributed by atoms with E-state index in [2.05, 4.69) is 10.3 Å². The van der Waals surface area contributed by atoms with E-state index in [4.69, 9.17) is 0 Å². The Morgan fingerprint density at radius 1 is 1.60 bits per heavy atom. The van der Waals surface area contributed by atoms with E-state index in [1.807, 2.05) is 0 Å². The average Bonchev–Trinajstić information content (AvgIpc) is 2.16. The summed E-state index contributed by atoms with van der Waals surface area (Å²) in [6.45, 7) is 0.824. The summed E-state index contributed by atoms with van der Waals surface area (Å²) < 4.78 is 0. The lowest BCUT2D eigenvalue weighted by atomic mass is 9.85. The Kier molecular flexibility index (Phi) is 2.80. The van der Waals surface area contributed by atoms with Crippen LogP contribution in [0.3, 0.4) is 0 Å². The van der Waals surface area contributed by atoms with Crippen LogP contribution in [0.1, 0.15) is 19.3 Å². The largest absolute Gasteiger partial charge is 0.379 e. The van der Waals surface area contributed by atoms with Crippen molar-refractivity contribution in [2.75, 3.05) is 11.9 Å². The molecular formula is C10H13N3O2. The van der Waals surface area contributed by atoms with Gasteiger partial charge in [-0.2, -0.15) is 0 Å². The maximum atomic E-state index is 10.7. The van der Waals surface area contributed by atoms with E-state index in [0.717, 1.165) is 6.54 Å². The summed E-state index contributed by atoms with van der Waals surface area (Å²) in [6.07, 6.45) is 6.59. The zero-order chi connectivity index (χ0) is 10.7. The predicted octanol–water partition coefficient (Wildman–Crippen LogP) is 2.20. The third-order valence-electron chi connectivity index (χ3n) is 2.80. The van der Waals surface area contributed by atoms with Crippen molar-refractivity contribution in [3.8, 4) is 0 Å². The molecule has 5 heteroatoms. The summed E-state index contributed by atoms with van der Waals surface area (Å²) in [4.78, 5) is 14.0. The summed E-state index contributed by atoms with van der Waals surface area (Å²) >= 11 is 0. The monoisotopic (exact) mass is 207 g/mol. The standard InChI is InChI=1S/C10H13N3O2/c14-13(15)10-7-11-5-4-9(10)12-6-8-2-1-3-8/h4-5,7-8H,1-3,6H2,(H,11,12). The summed E-state index contributed by atoms with van der Waals surface area (Å²) in [5.41, 5.74) is 0.624. The van der Waals surface area contributed by atoms with Gasteiger partial charge in [0.1, 0.15) is 11.9 Å². The van der Waals surface area contributed by atoms with Crippen LogP contribution in [-0.2, 0) is 0 Å². The number of aromatic nitrogens is 1. The molecule has 0 unspecified atom stereocenters. The van der Waals surface area contributed by atoms with Gasteiger partial charge in [-0.3, -0.25) is 15.1 Å². The minimum absolute atomic E-state index is 0.0526. The Morgan fingerprint density at radius 3 is 3.00 bits per heavy atom. The van der Waals surface area contributed by atoms with Crippen molar-refractivity contribution < 1.29 is 4.92 Å². The van der Waals surface area contributed by atoms with Crippen molar-refractivity contribution in [3.05, 3.63) is 28.6 Å². The first-order chi connectivity index (χ1) is 7.27. The molecule has 0 saturated heterocycles. The van der Waals surface area contributed by atoms with Crippen molar-refractivity contribution in [1.29, 1.82) is 0 Å². The van der Waals surface area contributed by atoms with Gasteiger partial charge in [-0.15, -0.1) is 0 Å². The van der Waals surface area contributed by atoms with E-state index < -0.39 is 4.92 Å². The van der Waals surface area contributed by atoms with Gasteiger partial charge in [-0.1, -0.05) is 6.42 Å². The van der Waals surface area contributed by atoms with E-state index in [-0.39, 0.29) is 5.69 Å². The van der Waals surface area contributed by atoms with Gasteiger partial charge >= 0.3 is 5.69 Å². The molecule has 0 atom stereocenters. The molecule has 1 heterocycles. The second-order valence-electron chi connectivity index (χ2n) is 3.83. The average molecular weight is 207 g/mol. The molecule has 15 heavy (non-hydrogen) atoms. The van der Waals surface area contributed by atoms with Crippen LogP contribution in [0.5, 0.6) is 0 Å². The Hall–Kier alpha value is -1.65. The van der Waals surface area contributed by atoms with Crippen molar-refractivity contribution in [2.45, 2.75) is 19.3 Å². The highest BCUT2D eigenvalue weighted by Crippen LogP contribution is 2.28. The van der Waals surface area contributed by atoms with Gasteiger partial charge < -0.3 is 5.32 Å². The van der Waals surface area contributed by atoms with Crippen LogP contribution in [0, 0.1) is 16.0 Å². The van der Waals surface area contributed by atoms with Crippen LogP contribution in [-0.4, -0.2) is 16.5 Å². The van der Waals surface area contributed by atoms with E-state index in [1.165, 1.54) is 25.5 Å². The molecule has 80 valence electrons. The number of hydrogen-bond donors (Lipinski definition) is 1. The molecule has 1 aromatic rings. The summed E-state index contributed by atoms with van der Waals surface area (Å²) in [6, 6.07) is 1.65. The quantitative estimate of drug-likeness (QED) is 0.607. The Morgan fingerprint density at radius 2 is 2.40 bits per heavy atom. The molecule has 1 aliphatic carbocycles. The lowest BCUT2D eigenvalue weighted by Gasteiger charge is -2.25. The van der Waals surface area contributed by atoms with Crippen molar-refractivity contribution in [1.82, 2.24) is 4.98 Å². The fourth-order valence-electron chi connectivity index (χ4n) is 1.63.